The predicted molar refractivity (Wildman–Crippen MR) is 74.2 cm³/mol. The molecule has 1 amide bonds. The van der Waals surface area contributed by atoms with Gasteiger partial charge < -0.3 is 10.6 Å². The zero-order chi connectivity index (χ0) is 13.2. The number of halogens is 1. The predicted octanol–water partition coefficient (Wildman–Crippen LogP) is 1.97. The SMILES string of the molecule is O=C1CCC(Nc2nnc(Cl)c3ccccc23)CN1. The van der Waals surface area contributed by atoms with Crippen molar-refractivity contribution in [3.05, 3.63) is 29.4 Å². The Hall–Kier alpha value is -1.88. The number of benzene rings is 1. The molecule has 0 spiro atoms. The molecule has 1 atom stereocenters. The lowest BCUT2D eigenvalue weighted by Crippen LogP contribution is -2.42. The molecule has 1 saturated heterocycles. The summed E-state index contributed by atoms with van der Waals surface area (Å²) in [4.78, 5) is 11.1. The number of fused-ring (bicyclic) bond motifs is 1. The number of rotatable bonds is 2. The van der Waals surface area contributed by atoms with Crippen molar-refractivity contribution in [2.45, 2.75) is 18.9 Å². The van der Waals surface area contributed by atoms with Gasteiger partial charge in [0.05, 0.1) is 0 Å². The molecule has 1 aliphatic heterocycles. The number of nitrogens with zero attached hydrogens (tertiary/aromatic N) is 2. The highest BCUT2D eigenvalue weighted by molar-refractivity contribution is 6.34. The lowest BCUT2D eigenvalue weighted by molar-refractivity contribution is -0.122. The van der Waals surface area contributed by atoms with E-state index < -0.39 is 0 Å². The molecule has 0 saturated carbocycles. The molecule has 2 aromatic rings. The van der Waals surface area contributed by atoms with Crippen LogP contribution in [0.25, 0.3) is 10.8 Å². The van der Waals surface area contributed by atoms with Gasteiger partial charge in [-0.15, -0.1) is 10.2 Å². The van der Waals surface area contributed by atoms with Gasteiger partial charge in [-0.1, -0.05) is 35.9 Å². The highest BCUT2D eigenvalue weighted by atomic mass is 35.5. The minimum absolute atomic E-state index is 0.102. The fourth-order valence-corrected chi connectivity index (χ4v) is 2.43. The molecule has 2 N–H and O–H groups in total. The van der Waals surface area contributed by atoms with E-state index in [1.165, 1.54) is 0 Å². The molecule has 98 valence electrons. The van der Waals surface area contributed by atoms with Gasteiger partial charge in [-0.25, -0.2) is 0 Å². The van der Waals surface area contributed by atoms with E-state index in [9.17, 15) is 4.79 Å². The van der Waals surface area contributed by atoms with E-state index in [1.54, 1.807) is 0 Å². The quantitative estimate of drug-likeness (QED) is 0.880. The van der Waals surface area contributed by atoms with Crippen LogP contribution in [0, 0.1) is 0 Å². The van der Waals surface area contributed by atoms with Crippen LogP contribution in [0.1, 0.15) is 12.8 Å². The highest BCUT2D eigenvalue weighted by Gasteiger charge is 2.19. The maximum absolute atomic E-state index is 11.1. The van der Waals surface area contributed by atoms with Crippen LogP contribution in [0.4, 0.5) is 5.82 Å². The summed E-state index contributed by atoms with van der Waals surface area (Å²) in [6.07, 6.45) is 1.33. The molecule has 1 aliphatic rings. The number of carbonyl (C=O) groups is 1. The van der Waals surface area contributed by atoms with Gasteiger partial charge in [-0.3, -0.25) is 4.79 Å². The molecule has 3 rings (SSSR count). The van der Waals surface area contributed by atoms with Gasteiger partial charge in [0.1, 0.15) is 0 Å². The number of anilines is 1. The molecular weight excluding hydrogens is 264 g/mol. The smallest absolute Gasteiger partial charge is 0.220 e. The first-order valence-corrected chi connectivity index (χ1v) is 6.56. The van der Waals surface area contributed by atoms with Gasteiger partial charge in [0.25, 0.3) is 0 Å². The Morgan fingerprint density at radius 2 is 2.05 bits per heavy atom. The summed E-state index contributed by atoms with van der Waals surface area (Å²) in [7, 11) is 0. The topological polar surface area (TPSA) is 66.9 Å². The first-order chi connectivity index (χ1) is 9.24. The molecule has 1 aromatic heterocycles. The minimum atomic E-state index is 0.102. The van der Waals surface area contributed by atoms with Crippen molar-refractivity contribution in [3.8, 4) is 0 Å². The summed E-state index contributed by atoms with van der Waals surface area (Å²) < 4.78 is 0. The highest BCUT2D eigenvalue weighted by Crippen LogP contribution is 2.26. The molecule has 0 radical (unpaired) electrons. The summed E-state index contributed by atoms with van der Waals surface area (Å²) in [6, 6.07) is 7.91. The number of nitrogens with one attached hydrogen (secondary N) is 2. The van der Waals surface area contributed by atoms with Crippen LogP contribution in [0.5, 0.6) is 0 Å². The monoisotopic (exact) mass is 276 g/mol. The van der Waals surface area contributed by atoms with Gasteiger partial charge in [0.15, 0.2) is 11.0 Å². The molecule has 1 aromatic carbocycles. The van der Waals surface area contributed by atoms with Gasteiger partial charge >= 0.3 is 0 Å². The molecule has 2 heterocycles. The van der Waals surface area contributed by atoms with E-state index >= 15 is 0 Å². The molecular formula is C13H13ClN4O. The lowest BCUT2D eigenvalue weighted by atomic mass is 10.1. The fourth-order valence-electron chi connectivity index (χ4n) is 2.23. The average Bonchev–Trinajstić information content (AvgIpc) is 2.45. The second kappa shape index (κ2) is 5.01. The van der Waals surface area contributed by atoms with Crippen molar-refractivity contribution < 1.29 is 4.79 Å². The summed E-state index contributed by atoms with van der Waals surface area (Å²) in [5, 5.41) is 16.4. The Kier molecular flexibility index (Phi) is 3.21. The van der Waals surface area contributed by atoms with Crippen LogP contribution < -0.4 is 10.6 Å². The maximum Gasteiger partial charge on any atom is 0.220 e. The number of hydrogen-bond donors (Lipinski definition) is 2. The van der Waals surface area contributed by atoms with E-state index in [4.69, 9.17) is 11.6 Å². The third-order valence-electron chi connectivity index (χ3n) is 3.25. The third-order valence-corrected chi connectivity index (χ3v) is 3.53. The zero-order valence-corrected chi connectivity index (χ0v) is 10.9. The number of piperidine rings is 1. The molecule has 5 nitrogen and oxygen atoms in total. The van der Waals surface area contributed by atoms with E-state index in [0.29, 0.717) is 23.9 Å². The maximum atomic E-state index is 11.1. The number of amides is 1. The van der Waals surface area contributed by atoms with Gasteiger partial charge in [-0.05, 0) is 6.42 Å². The lowest BCUT2D eigenvalue weighted by Gasteiger charge is -2.24. The molecule has 1 fully saturated rings. The number of carbonyl (C=O) groups excluding carboxylic acids is 1. The second-order valence-electron chi connectivity index (χ2n) is 4.57. The summed E-state index contributed by atoms with van der Waals surface area (Å²) in [6.45, 7) is 0.609. The summed E-state index contributed by atoms with van der Waals surface area (Å²) in [5.74, 6) is 0.811. The van der Waals surface area contributed by atoms with E-state index in [0.717, 1.165) is 17.2 Å². The summed E-state index contributed by atoms with van der Waals surface area (Å²) >= 11 is 6.03. The van der Waals surface area contributed by atoms with Crippen LogP contribution in [0.3, 0.4) is 0 Å². The van der Waals surface area contributed by atoms with E-state index in [1.807, 2.05) is 24.3 Å². The first kappa shape index (κ1) is 12.2. The average molecular weight is 277 g/mol. The van der Waals surface area contributed by atoms with Crippen LogP contribution in [0.15, 0.2) is 24.3 Å². The Balaban J connectivity index is 1.89. The Labute approximate surface area is 115 Å². The molecule has 0 bridgehead atoms. The summed E-state index contributed by atoms with van der Waals surface area (Å²) in [5.41, 5.74) is 0. The first-order valence-electron chi connectivity index (χ1n) is 6.18. The largest absolute Gasteiger partial charge is 0.364 e. The van der Waals surface area contributed by atoms with Crippen molar-refractivity contribution in [2.75, 3.05) is 11.9 Å². The second-order valence-corrected chi connectivity index (χ2v) is 4.93. The van der Waals surface area contributed by atoms with Crippen LogP contribution >= 0.6 is 11.6 Å². The van der Waals surface area contributed by atoms with Crippen molar-refractivity contribution in [1.29, 1.82) is 0 Å². The van der Waals surface area contributed by atoms with Crippen molar-refractivity contribution in [3.63, 3.8) is 0 Å². The van der Waals surface area contributed by atoms with Crippen molar-refractivity contribution in [1.82, 2.24) is 15.5 Å². The number of hydrogen-bond acceptors (Lipinski definition) is 4. The van der Waals surface area contributed by atoms with Crippen molar-refractivity contribution in [2.24, 2.45) is 0 Å². The van der Waals surface area contributed by atoms with Gasteiger partial charge in [-0.2, -0.15) is 0 Å². The van der Waals surface area contributed by atoms with Crippen molar-refractivity contribution >= 4 is 34.1 Å². The van der Waals surface area contributed by atoms with Crippen LogP contribution in [0.2, 0.25) is 5.15 Å². The van der Waals surface area contributed by atoms with Crippen LogP contribution in [-0.2, 0) is 4.79 Å². The fraction of sp³-hybridized carbons (Fsp3) is 0.308. The standard InChI is InChI=1S/C13H13ClN4O/c14-12-9-3-1-2-4-10(9)13(18-17-12)16-8-5-6-11(19)15-7-8/h1-4,8H,5-7H2,(H,15,19)(H,16,18). The molecule has 1 unspecified atom stereocenters. The van der Waals surface area contributed by atoms with Gasteiger partial charge in [0, 0.05) is 29.8 Å². The molecule has 0 aliphatic carbocycles. The molecule has 19 heavy (non-hydrogen) atoms. The zero-order valence-electron chi connectivity index (χ0n) is 10.2. The Morgan fingerprint density at radius 3 is 2.79 bits per heavy atom. The molecule has 6 heteroatoms. The number of aromatic nitrogens is 2. The van der Waals surface area contributed by atoms with Crippen LogP contribution in [-0.4, -0.2) is 28.7 Å². The minimum Gasteiger partial charge on any atom is -0.364 e. The van der Waals surface area contributed by atoms with E-state index in [2.05, 4.69) is 20.8 Å². The normalized spacial score (nSPS) is 19.2. The van der Waals surface area contributed by atoms with Gasteiger partial charge in [0.2, 0.25) is 5.91 Å². The van der Waals surface area contributed by atoms with E-state index in [-0.39, 0.29) is 11.9 Å². The Bertz CT molecular complexity index is 621. The third kappa shape index (κ3) is 2.46. The Morgan fingerprint density at radius 1 is 1.26 bits per heavy atom.